The molecule has 0 unspecified atom stereocenters. The van der Waals surface area contributed by atoms with Crippen LogP contribution in [0.15, 0.2) is 34.8 Å². The zero-order chi connectivity index (χ0) is 13.7. The van der Waals surface area contributed by atoms with Crippen molar-refractivity contribution in [2.24, 2.45) is 0 Å². The molecule has 0 atom stereocenters. The highest BCUT2D eigenvalue weighted by atomic mass is 79.9. The summed E-state index contributed by atoms with van der Waals surface area (Å²) in [6.45, 7) is 8.96. The molecule has 0 saturated heterocycles. The maximum atomic E-state index is 12.3. The summed E-state index contributed by atoms with van der Waals surface area (Å²) in [6.07, 6.45) is 0. The van der Waals surface area contributed by atoms with E-state index in [1.54, 1.807) is 30.2 Å². The average Bonchev–Trinajstić information content (AvgIpc) is 2.34. The largest absolute Gasteiger partial charge is 0.496 e. The van der Waals surface area contributed by atoms with Crippen LogP contribution in [0.2, 0.25) is 0 Å². The molecule has 0 aliphatic carbocycles. The van der Waals surface area contributed by atoms with Crippen LogP contribution in [0.25, 0.3) is 0 Å². The van der Waals surface area contributed by atoms with E-state index in [0.717, 1.165) is 15.8 Å². The van der Waals surface area contributed by atoms with Crippen molar-refractivity contribution >= 4 is 21.8 Å². The third-order valence-corrected chi connectivity index (χ3v) is 3.15. The van der Waals surface area contributed by atoms with E-state index in [-0.39, 0.29) is 5.91 Å². The van der Waals surface area contributed by atoms with Crippen molar-refractivity contribution in [3.63, 3.8) is 0 Å². The predicted octanol–water partition coefficient (Wildman–Crippen LogP) is 3.50. The fraction of sp³-hybridized carbons (Fsp3) is 0.357. The van der Waals surface area contributed by atoms with Crippen LogP contribution in [0.5, 0.6) is 5.75 Å². The molecule has 0 spiro atoms. The normalized spacial score (nSPS) is 10.0. The number of amides is 1. The summed E-state index contributed by atoms with van der Waals surface area (Å²) in [5.74, 6) is 0.721. The van der Waals surface area contributed by atoms with Gasteiger partial charge < -0.3 is 9.64 Å². The molecule has 98 valence electrons. The van der Waals surface area contributed by atoms with Crippen LogP contribution in [0, 0.1) is 0 Å². The molecule has 4 heteroatoms. The molecule has 1 aromatic carbocycles. The Kier molecular flexibility index (Phi) is 5.41. The lowest BCUT2D eigenvalue weighted by atomic mass is 10.1. The van der Waals surface area contributed by atoms with Crippen LogP contribution in [0.1, 0.15) is 24.2 Å². The lowest BCUT2D eigenvalue weighted by Gasteiger charge is -2.21. The Balaban J connectivity index is 2.95. The van der Waals surface area contributed by atoms with Crippen molar-refractivity contribution in [3.8, 4) is 5.75 Å². The zero-order valence-corrected chi connectivity index (χ0v) is 12.6. The van der Waals surface area contributed by atoms with Crippen LogP contribution in [-0.2, 0) is 0 Å². The number of ether oxygens (including phenoxy) is 1. The summed E-state index contributed by atoms with van der Waals surface area (Å²) in [4.78, 5) is 14.0. The summed E-state index contributed by atoms with van der Waals surface area (Å²) in [5.41, 5.74) is 1.61. The van der Waals surface area contributed by atoms with Gasteiger partial charge in [0, 0.05) is 18.7 Å². The Morgan fingerprint density at radius 3 is 2.61 bits per heavy atom. The number of halogens is 1. The second kappa shape index (κ2) is 6.59. The summed E-state index contributed by atoms with van der Waals surface area (Å²) in [7, 11) is 1.60. The fourth-order valence-electron chi connectivity index (χ4n) is 1.64. The Labute approximate surface area is 117 Å². The molecule has 0 aromatic heterocycles. The van der Waals surface area contributed by atoms with Gasteiger partial charge in [-0.3, -0.25) is 4.79 Å². The summed E-state index contributed by atoms with van der Waals surface area (Å²) in [5, 5.41) is 0. The first-order chi connectivity index (χ1) is 8.49. The average molecular weight is 312 g/mol. The van der Waals surface area contributed by atoms with E-state index >= 15 is 0 Å². The van der Waals surface area contributed by atoms with Crippen molar-refractivity contribution in [1.82, 2.24) is 4.90 Å². The SMILES string of the molecule is C=C(C)CN(CC)C(=O)c1ccc(OC)c(Br)c1. The molecular weight excluding hydrogens is 294 g/mol. The van der Waals surface area contributed by atoms with Crippen LogP contribution >= 0.6 is 15.9 Å². The van der Waals surface area contributed by atoms with Crippen molar-refractivity contribution in [2.75, 3.05) is 20.2 Å². The van der Waals surface area contributed by atoms with Crippen LogP contribution in [0.3, 0.4) is 0 Å². The van der Waals surface area contributed by atoms with Gasteiger partial charge in [0.2, 0.25) is 0 Å². The number of hydrogen-bond donors (Lipinski definition) is 0. The van der Waals surface area contributed by atoms with Crippen LogP contribution in [0.4, 0.5) is 0 Å². The quantitative estimate of drug-likeness (QED) is 0.779. The number of hydrogen-bond acceptors (Lipinski definition) is 2. The van der Waals surface area contributed by atoms with Crippen LogP contribution in [-0.4, -0.2) is 31.0 Å². The van der Waals surface area contributed by atoms with E-state index in [0.29, 0.717) is 18.7 Å². The number of rotatable bonds is 5. The molecule has 0 radical (unpaired) electrons. The molecule has 0 saturated carbocycles. The molecule has 0 aliphatic heterocycles. The minimum Gasteiger partial charge on any atom is -0.496 e. The van der Waals surface area contributed by atoms with E-state index in [1.165, 1.54) is 0 Å². The van der Waals surface area contributed by atoms with Gasteiger partial charge in [-0.05, 0) is 48.0 Å². The molecule has 1 amide bonds. The molecule has 0 bridgehead atoms. The zero-order valence-electron chi connectivity index (χ0n) is 11.0. The molecule has 3 nitrogen and oxygen atoms in total. The smallest absolute Gasteiger partial charge is 0.254 e. The molecule has 1 rings (SSSR count). The van der Waals surface area contributed by atoms with E-state index in [1.807, 2.05) is 13.8 Å². The van der Waals surface area contributed by atoms with Crippen molar-refractivity contribution in [3.05, 3.63) is 40.4 Å². The molecule has 0 heterocycles. The Morgan fingerprint density at radius 2 is 2.17 bits per heavy atom. The van der Waals surface area contributed by atoms with Gasteiger partial charge in [0.05, 0.1) is 11.6 Å². The highest BCUT2D eigenvalue weighted by molar-refractivity contribution is 9.10. The van der Waals surface area contributed by atoms with Crippen molar-refractivity contribution in [2.45, 2.75) is 13.8 Å². The van der Waals surface area contributed by atoms with Gasteiger partial charge in [0.1, 0.15) is 5.75 Å². The minimum absolute atomic E-state index is 0.00357. The number of carbonyl (C=O) groups excluding carboxylic acids is 1. The predicted molar refractivity (Wildman–Crippen MR) is 77.1 cm³/mol. The molecule has 1 aromatic rings. The second-order valence-electron chi connectivity index (χ2n) is 4.13. The van der Waals surface area contributed by atoms with Gasteiger partial charge >= 0.3 is 0 Å². The molecule has 0 aliphatic rings. The van der Waals surface area contributed by atoms with E-state index < -0.39 is 0 Å². The molecule has 0 fully saturated rings. The van der Waals surface area contributed by atoms with Gasteiger partial charge in [-0.15, -0.1) is 0 Å². The first-order valence-electron chi connectivity index (χ1n) is 5.76. The highest BCUT2D eigenvalue weighted by Gasteiger charge is 2.15. The molecule has 0 N–H and O–H groups in total. The Hall–Kier alpha value is -1.29. The standard InChI is InChI=1S/C14H18BrNO2/c1-5-16(9-10(2)3)14(17)11-6-7-13(18-4)12(15)8-11/h6-8H,2,5,9H2,1,3-4H3. The molecular formula is C14H18BrNO2. The van der Waals surface area contributed by atoms with Gasteiger partial charge in [0.15, 0.2) is 0 Å². The third-order valence-electron chi connectivity index (χ3n) is 2.53. The number of carbonyl (C=O) groups is 1. The molecule has 18 heavy (non-hydrogen) atoms. The van der Waals surface area contributed by atoms with Crippen LogP contribution < -0.4 is 4.74 Å². The number of nitrogens with zero attached hydrogens (tertiary/aromatic N) is 1. The Morgan fingerprint density at radius 1 is 1.50 bits per heavy atom. The third kappa shape index (κ3) is 3.60. The maximum absolute atomic E-state index is 12.3. The van der Waals surface area contributed by atoms with E-state index in [9.17, 15) is 4.79 Å². The summed E-state index contributed by atoms with van der Waals surface area (Å²) in [6, 6.07) is 5.33. The van der Waals surface area contributed by atoms with Gasteiger partial charge in [-0.1, -0.05) is 12.2 Å². The lowest BCUT2D eigenvalue weighted by molar-refractivity contribution is 0.0778. The Bertz CT molecular complexity index is 457. The van der Waals surface area contributed by atoms with Crippen molar-refractivity contribution < 1.29 is 9.53 Å². The number of benzene rings is 1. The highest BCUT2D eigenvalue weighted by Crippen LogP contribution is 2.26. The fourth-order valence-corrected chi connectivity index (χ4v) is 2.18. The van der Waals surface area contributed by atoms with E-state index in [2.05, 4.69) is 22.5 Å². The van der Waals surface area contributed by atoms with Gasteiger partial charge in [-0.2, -0.15) is 0 Å². The minimum atomic E-state index is 0.00357. The first kappa shape index (κ1) is 14.8. The second-order valence-corrected chi connectivity index (χ2v) is 4.98. The van der Waals surface area contributed by atoms with Gasteiger partial charge in [-0.25, -0.2) is 0 Å². The monoisotopic (exact) mass is 311 g/mol. The van der Waals surface area contributed by atoms with Crippen molar-refractivity contribution in [1.29, 1.82) is 0 Å². The summed E-state index contributed by atoms with van der Waals surface area (Å²) >= 11 is 3.38. The lowest BCUT2D eigenvalue weighted by Crippen LogP contribution is -2.32. The maximum Gasteiger partial charge on any atom is 0.254 e. The van der Waals surface area contributed by atoms with E-state index in [4.69, 9.17) is 4.74 Å². The summed E-state index contributed by atoms with van der Waals surface area (Å²) < 4.78 is 5.93. The first-order valence-corrected chi connectivity index (χ1v) is 6.56. The van der Waals surface area contributed by atoms with Gasteiger partial charge in [0.25, 0.3) is 5.91 Å². The number of methoxy groups -OCH3 is 1. The topological polar surface area (TPSA) is 29.5 Å². The number of likely N-dealkylation sites (N-methyl/N-ethyl adjacent to an activating group) is 1.